The van der Waals surface area contributed by atoms with Gasteiger partial charge in [0.15, 0.2) is 11.0 Å². The van der Waals surface area contributed by atoms with Crippen LogP contribution in [0.3, 0.4) is 0 Å². The van der Waals surface area contributed by atoms with Crippen molar-refractivity contribution in [2.24, 2.45) is 0 Å². The van der Waals surface area contributed by atoms with Gasteiger partial charge in [0.1, 0.15) is 11.6 Å². The maximum atomic E-state index is 13.7. The fourth-order valence-corrected chi connectivity index (χ4v) is 3.34. The molecule has 5 nitrogen and oxygen atoms in total. The van der Waals surface area contributed by atoms with Gasteiger partial charge in [0.25, 0.3) is 0 Å². The molecule has 0 spiro atoms. The Kier molecular flexibility index (Phi) is 6.20. The molecular weight excluding hydrogens is 382 g/mol. The van der Waals surface area contributed by atoms with Crippen molar-refractivity contribution >= 4 is 23.4 Å². The van der Waals surface area contributed by atoms with E-state index in [1.165, 1.54) is 17.8 Å². The quantitative estimate of drug-likeness (QED) is 0.470. The average molecular weight is 400 g/mol. The normalized spacial score (nSPS) is 10.7. The molecule has 144 valence electrons. The zero-order valence-electron chi connectivity index (χ0n) is 15.2. The fourth-order valence-electron chi connectivity index (χ4n) is 2.59. The molecule has 0 aliphatic heterocycles. The van der Waals surface area contributed by atoms with Crippen LogP contribution in [0.1, 0.15) is 5.56 Å². The van der Waals surface area contributed by atoms with E-state index in [0.29, 0.717) is 17.5 Å². The van der Waals surface area contributed by atoms with Gasteiger partial charge < -0.3 is 5.32 Å². The number of hydrogen-bond acceptors (Lipinski definition) is 4. The third-order valence-corrected chi connectivity index (χ3v) is 4.81. The molecule has 1 heterocycles. The number of nitrogens with zero attached hydrogens (tertiary/aromatic N) is 3. The zero-order chi connectivity index (χ0) is 20.1. The Bertz CT molecular complexity index is 1020. The first-order chi connectivity index (χ1) is 13.5. The second kappa shape index (κ2) is 8.79. The minimum Gasteiger partial charge on any atom is -0.323 e. The van der Waals surface area contributed by atoms with Crippen LogP contribution in [-0.4, -0.2) is 26.4 Å². The Morgan fingerprint density at radius 2 is 2.07 bits per heavy atom. The fraction of sp³-hybridized carbons (Fsp3) is 0.150. The summed E-state index contributed by atoms with van der Waals surface area (Å²) in [7, 11) is 0. The summed E-state index contributed by atoms with van der Waals surface area (Å²) in [6.07, 6.45) is 1.72. The molecule has 1 N–H and O–H groups in total. The topological polar surface area (TPSA) is 59.8 Å². The van der Waals surface area contributed by atoms with Crippen molar-refractivity contribution in [3.8, 4) is 11.4 Å². The molecule has 0 aliphatic carbocycles. The number of allylic oxidation sites excluding steroid dienone is 1. The van der Waals surface area contributed by atoms with E-state index >= 15 is 0 Å². The van der Waals surface area contributed by atoms with Crippen molar-refractivity contribution in [2.75, 3.05) is 11.1 Å². The molecule has 1 amide bonds. The third kappa shape index (κ3) is 4.64. The van der Waals surface area contributed by atoms with Crippen LogP contribution in [0, 0.1) is 18.6 Å². The van der Waals surface area contributed by atoms with E-state index in [1.54, 1.807) is 6.08 Å². The number of benzene rings is 2. The molecule has 0 atom stereocenters. The Morgan fingerprint density at radius 1 is 1.25 bits per heavy atom. The lowest BCUT2D eigenvalue weighted by atomic mass is 10.1. The van der Waals surface area contributed by atoms with Crippen LogP contribution in [-0.2, 0) is 11.3 Å². The van der Waals surface area contributed by atoms with Crippen LogP contribution in [0.15, 0.2) is 60.3 Å². The molecule has 3 rings (SSSR count). The lowest BCUT2D eigenvalue weighted by Crippen LogP contribution is -2.15. The number of nitrogens with one attached hydrogen (secondary N) is 1. The molecule has 3 aromatic rings. The van der Waals surface area contributed by atoms with Crippen molar-refractivity contribution < 1.29 is 13.6 Å². The monoisotopic (exact) mass is 400 g/mol. The molecule has 2 aromatic carbocycles. The molecule has 0 aliphatic rings. The maximum absolute atomic E-state index is 13.7. The molecule has 0 saturated heterocycles. The van der Waals surface area contributed by atoms with Crippen LogP contribution >= 0.6 is 11.8 Å². The van der Waals surface area contributed by atoms with E-state index < -0.39 is 17.5 Å². The SMILES string of the molecule is C=CCn1c(SCC(=O)Nc2ccc(F)cc2F)nnc1-c1cccc(C)c1. The second-order valence-electron chi connectivity index (χ2n) is 6.04. The van der Waals surface area contributed by atoms with Crippen molar-refractivity contribution in [3.63, 3.8) is 0 Å². The lowest BCUT2D eigenvalue weighted by molar-refractivity contribution is -0.113. The number of amides is 1. The van der Waals surface area contributed by atoms with E-state index in [1.807, 2.05) is 35.8 Å². The number of halogens is 2. The third-order valence-electron chi connectivity index (χ3n) is 3.84. The van der Waals surface area contributed by atoms with E-state index in [0.717, 1.165) is 23.3 Å². The highest BCUT2D eigenvalue weighted by molar-refractivity contribution is 7.99. The summed E-state index contributed by atoms with van der Waals surface area (Å²) < 4.78 is 28.5. The number of carbonyl (C=O) groups is 1. The molecule has 0 bridgehead atoms. The molecule has 1 aromatic heterocycles. The summed E-state index contributed by atoms with van der Waals surface area (Å²) in [5.74, 6) is -1.28. The van der Waals surface area contributed by atoms with Crippen molar-refractivity contribution in [1.82, 2.24) is 14.8 Å². The zero-order valence-corrected chi connectivity index (χ0v) is 16.0. The number of hydrogen-bond donors (Lipinski definition) is 1. The van der Waals surface area contributed by atoms with Crippen molar-refractivity contribution in [3.05, 3.63) is 72.3 Å². The summed E-state index contributed by atoms with van der Waals surface area (Å²) in [6.45, 7) is 6.23. The second-order valence-corrected chi connectivity index (χ2v) is 6.98. The number of aryl methyl sites for hydroxylation is 1. The van der Waals surface area contributed by atoms with Gasteiger partial charge in [0.2, 0.25) is 5.91 Å². The molecule has 0 unspecified atom stereocenters. The Balaban J connectivity index is 1.73. The predicted molar refractivity (Wildman–Crippen MR) is 106 cm³/mol. The summed E-state index contributed by atoms with van der Waals surface area (Å²) >= 11 is 1.18. The first kappa shape index (κ1) is 19.8. The van der Waals surface area contributed by atoms with E-state index in [4.69, 9.17) is 0 Å². The standard InChI is InChI=1S/C20H18F2N4OS/c1-3-9-26-19(14-6-4-5-13(2)10-14)24-25-20(26)28-12-18(27)23-17-8-7-15(21)11-16(17)22/h3-8,10-11H,1,9,12H2,2H3,(H,23,27). The van der Waals surface area contributed by atoms with Crippen LogP contribution < -0.4 is 5.32 Å². The molecular formula is C20H18F2N4OS. The van der Waals surface area contributed by atoms with Gasteiger partial charge in [-0.3, -0.25) is 9.36 Å². The first-order valence-electron chi connectivity index (χ1n) is 8.46. The maximum Gasteiger partial charge on any atom is 0.234 e. The summed E-state index contributed by atoms with van der Waals surface area (Å²) in [6, 6.07) is 10.9. The van der Waals surface area contributed by atoms with Gasteiger partial charge in [-0.25, -0.2) is 8.78 Å². The molecule has 0 fully saturated rings. The summed E-state index contributed by atoms with van der Waals surface area (Å²) in [5, 5.41) is 11.4. The molecule has 8 heteroatoms. The van der Waals surface area contributed by atoms with Gasteiger partial charge >= 0.3 is 0 Å². The Morgan fingerprint density at radius 3 is 2.79 bits per heavy atom. The Hall–Kier alpha value is -3.00. The van der Waals surface area contributed by atoms with Gasteiger partial charge in [0.05, 0.1) is 11.4 Å². The summed E-state index contributed by atoms with van der Waals surface area (Å²) in [4.78, 5) is 12.1. The van der Waals surface area contributed by atoms with E-state index in [2.05, 4.69) is 22.1 Å². The first-order valence-corrected chi connectivity index (χ1v) is 9.45. The number of rotatable bonds is 7. The number of anilines is 1. The van der Waals surface area contributed by atoms with Gasteiger partial charge in [-0.2, -0.15) is 0 Å². The molecule has 0 saturated carbocycles. The number of thioether (sulfide) groups is 1. The van der Waals surface area contributed by atoms with E-state index in [-0.39, 0.29) is 11.4 Å². The number of aromatic nitrogens is 3. The van der Waals surface area contributed by atoms with Crippen molar-refractivity contribution in [2.45, 2.75) is 18.6 Å². The minimum atomic E-state index is -0.824. The summed E-state index contributed by atoms with van der Waals surface area (Å²) in [5.41, 5.74) is 1.94. The highest BCUT2D eigenvalue weighted by Gasteiger charge is 2.16. The molecule has 28 heavy (non-hydrogen) atoms. The van der Waals surface area contributed by atoms with Crippen LogP contribution in [0.4, 0.5) is 14.5 Å². The van der Waals surface area contributed by atoms with Gasteiger partial charge in [-0.15, -0.1) is 16.8 Å². The lowest BCUT2D eigenvalue weighted by Gasteiger charge is -2.09. The van der Waals surface area contributed by atoms with Crippen LogP contribution in [0.25, 0.3) is 11.4 Å². The molecule has 0 radical (unpaired) electrons. The largest absolute Gasteiger partial charge is 0.323 e. The van der Waals surface area contributed by atoms with Crippen LogP contribution in [0.2, 0.25) is 0 Å². The smallest absolute Gasteiger partial charge is 0.234 e. The van der Waals surface area contributed by atoms with Crippen molar-refractivity contribution in [1.29, 1.82) is 0 Å². The Labute approximate surface area is 165 Å². The van der Waals surface area contributed by atoms with Gasteiger partial charge in [-0.05, 0) is 25.1 Å². The minimum absolute atomic E-state index is 0.0000892. The van der Waals surface area contributed by atoms with Crippen LogP contribution in [0.5, 0.6) is 0 Å². The highest BCUT2D eigenvalue weighted by Crippen LogP contribution is 2.25. The van der Waals surface area contributed by atoms with Gasteiger partial charge in [-0.1, -0.05) is 41.6 Å². The number of carbonyl (C=O) groups excluding carboxylic acids is 1. The highest BCUT2D eigenvalue weighted by atomic mass is 32.2. The van der Waals surface area contributed by atoms with Gasteiger partial charge in [0, 0.05) is 18.2 Å². The average Bonchev–Trinajstić information content (AvgIpc) is 3.05. The predicted octanol–water partition coefficient (Wildman–Crippen LogP) is 4.45. The van der Waals surface area contributed by atoms with E-state index in [9.17, 15) is 13.6 Å².